The number of aromatic nitrogens is 4. The van der Waals surface area contributed by atoms with Gasteiger partial charge in [-0.3, -0.25) is 9.89 Å². The lowest BCUT2D eigenvalue weighted by atomic mass is 9.69. The Labute approximate surface area is 215 Å². The Morgan fingerprint density at radius 1 is 1.14 bits per heavy atom. The van der Waals surface area contributed by atoms with Gasteiger partial charge in [0.25, 0.3) is 0 Å². The molecule has 2 aliphatic carbocycles. The van der Waals surface area contributed by atoms with Crippen molar-refractivity contribution in [2.24, 2.45) is 0 Å². The monoisotopic (exact) mass is 549 g/mol. The largest absolute Gasteiger partial charge is 0.490 e. The van der Waals surface area contributed by atoms with E-state index in [1.165, 1.54) is 12.8 Å². The number of halogens is 1. The molecule has 7 rings (SSSR count). The van der Waals surface area contributed by atoms with Gasteiger partial charge in [-0.05, 0) is 68.9 Å². The van der Waals surface area contributed by atoms with Crippen molar-refractivity contribution in [2.75, 3.05) is 4.90 Å². The third-order valence-electron chi connectivity index (χ3n) is 7.62. The number of nitrogens with one attached hydrogen (secondary N) is 1. The average Bonchev–Trinajstić information content (AvgIpc) is 3.34. The number of ether oxygens (including phenoxy) is 1. The number of aromatic amines is 1. The molecule has 2 fully saturated rings. The summed E-state index contributed by atoms with van der Waals surface area (Å²) < 4.78 is 7.35. The van der Waals surface area contributed by atoms with Crippen LogP contribution in [0.5, 0.6) is 5.75 Å². The highest BCUT2D eigenvalue weighted by atomic mass is 79.9. The zero-order chi connectivity index (χ0) is 23.6. The van der Waals surface area contributed by atoms with Gasteiger partial charge in [0.2, 0.25) is 5.91 Å². The Morgan fingerprint density at radius 3 is 2.83 bits per heavy atom. The smallest absolute Gasteiger partial charge is 0.238 e. The molecular formula is C26H24BrN5O2S. The number of benzene rings is 2. The average molecular weight is 550 g/mol. The Balaban J connectivity index is 1.13. The molecule has 3 aliphatic rings. The van der Waals surface area contributed by atoms with Gasteiger partial charge in [0, 0.05) is 27.0 Å². The summed E-state index contributed by atoms with van der Waals surface area (Å²) in [5, 5.41) is 18.9. The van der Waals surface area contributed by atoms with E-state index in [9.17, 15) is 4.79 Å². The summed E-state index contributed by atoms with van der Waals surface area (Å²) in [5.41, 5.74) is 2.60. The highest BCUT2D eigenvalue weighted by Gasteiger charge is 2.53. The number of amides is 1. The minimum Gasteiger partial charge on any atom is -0.490 e. The summed E-state index contributed by atoms with van der Waals surface area (Å²) in [4.78, 5) is 16.0. The third-order valence-corrected chi connectivity index (χ3v) is 9.35. The van der Waals surface area contributed by atoms with Crippen LogP contribution in [0.3, 0.4) is 0 Å². The summed E-state index contributed by atoms with van der Waals surface area (Å²) >= 11 is 5.43. The van der Waals surface area contributed by atoms with E-state index in [1.807, 2.05) is 35.4 Å². The maximum absolute atomic E-state index is 14.0. The van der Waals surface area contributed by atoms with Crippen molar-refractivity contribution in [2.45, 2.75) is 62.5 Å². The summed E-state index contributed by atoms with van der Waals surface area (Å²) in [6.07, 6.45) is 7.49. The van der Waals surface area contributed by atoms with Crippen LogP contribution in [0.15, 0.2) is 47.1 Å². The second-order valence-electron chi connectivity index (χ2n) is 9.85. The van der Waals surface area contributed by atoms with Crippen LogP contribution in [-0.4, -0.2) is 32.4 Å². The highest BCUT2D eigenvalue weighted by Crippen LogP contribution is 2.53. The topological polar surface area (TPSA) is 84.0 Å². The maximum atomic E-state index is 14.0. The van der Waals surface area contributed by atoms with Crippen molar-refractivity contribution < 1.29 is 9.53 Å². The molecule has 0 unspecified atom stereocenters. The standard InChI is InChI=1S/C26H24BrN5O2S/c27-19-2-1-3-21-23(19)26(25(33)32(21)14-22-30-31-24(35-22)15-4-5-15)10-8-17(9-11-26)34-18-6-7-20-16(12-18)13-28-29-20/h1-3,6-7,12-13,15,17H,4-5,8-11,14H2,(H,28,29). The van der Waals surface area contributed by atoms with Crippen LogP contribution in [0.1, 0.15) is 60.0 Å². The van der Waals surface area contributed by atoms with E-state index in [-0.39, 0.29) is 12.0 Å². The lowest BCUT2D eigenvalue weighted by Gasteiger charge is -2.36. The second-order valence-corrected chi connectivity index (χ2v) is 11.8. The fraction of sp³-hybridized carbons (Fsp3) is 0.385. The SMILES string of the molecule is O=C1N(Cc2nnc(C3CC3)s2)c2cccc(Br)c2C12CCC(Oc1ccc3[nH]ncc3c1)CC2. The molecule has 0 atom stereocenters. The summed E-state index contributed by atoms with van der Waals surface area (Å²) in [7, 11) is 0. The molecule has 2 aromatic heterocycles. The van der Waals surface area contributed by atoms with Crippen molar-refractivity contribution in [3.63, 3.8) is 0 Å². The molecule has 1 spiro atoms. The molecule has 7 nitrogen and oxygen atoms in total. The number of nitrogens with zero attached hydrogens (tertiary/aromatic N) is 4. The van der Waals surface area contributed by atoms with Gasteiger partial charge in [-0.15, -0.1) is 10.2 Å². The maximum Gasteiger partial charge on any atom is 0.238 e. The van der Waals surface area contributed by atoms with Gasteiger partial charge in [-0.1, -0.05) is 33.3 Å². The van der Waals surface area contributed by atoms with Gasteiger partial charge in [0.1, 0.15) is 15.8 Å². The minimum absolute atomic E-state index is 0.0852. The van der Waals surface area contributed by atoms with Gasteiger partial charge in [0.15, 0.2) is 0 Å². The molecule has 0 radical (unpaired) electrons. The summed E-state index contributed by atoms with van der Waals surface area (Å²) in [5.74, 6) is 1.61. The molecular weight excluding hydrogens is 526 g/mol. The van der Waals surface area contributed by atoms with E-state index in [2.05, 4.69) is 48.5 Å². The van der Waals surface area contributed by atoms with E-state index in [1.54, 1.807) is 11.3 Å². The number of H-pyrrole nitrogens is 1. The summed E-state index contributed by atoms with van der Waals surface area (Å²) in [6, 6.07) is 12.1. The third kappa shape index (κ3) is 3.59. The molecule has 1 N–H and O–H groups in total. The number of fused-ring (bicyclic) bond motifs is 3. The summed E-state index contributed by atoms with van der Waals surface area (Å²) in [6.45, 7) is 0.485. The van der Waals surface area contributed by atoms with Crippen molar-refractivity contribution >= 4 is 49.8 Å². The zero-order valence-corrected chi connectivity index (χ0v) is 21.4. The van der Waals surface area contributed by atoms with Gasteiger partial charge >= 0.3 is 0 Å². The first-order valence-electron chi connectivity index (χ1n) is 12.1. The van der Waals surface area contributed by atoms with Crippen LogP contribution >= 0.6 is 27.3 Å². The molecule has 0 bridgehead atoms. The normalized spacial score (nSPS) is 23.9. The number of carbonyl (C=O) groups excluding carboxylic acids is 1. The Hall–Kier alpha value is -2.78. The molecule has 3 heterocycles. The lowest BCUT2D eigenvalue weighted by Crippen LogP contribution is -2.44. The van der Waals surface area contributed by atoms with Crippen LogP contribution in [0.2, 0.25) is 0 Å². The molecule has 4 aromatic rings. The van der Waals surface area contributed by atoms with Crippen molar-refractivity contribution in [3.8, 4) is 5.75 Å². The van der Waals surface area contributed by atoms with E-state index >= 15 is 0 Å². The Bertz CT molecular complexity index is 1440. The fourth-order valence-corrected chi connectivity index (χ4v) is 7.39. The minimum atomic E-state index is -0.520. The van der Waals surface area contributed by atoms with Gasteiger partial charge in [0.05, 0.1) is 29.8 Å². The molecule has 1 amide bonds. The van der Waals surface area contributed by atoms with Crippen LogP contribution < -0.4 is 9.64 Å². The lowest BCUT2D eigenvalue weighted by molar-refractivity contribution is -0.125. The number of hydrogen-bond donors (Lipinski definition) is 1. The molecule has 9 heteroatoms. The first-order chi connectivity index (χ1) is 17.1. The van der Waals surface area contributed by atoms with Crippen molar-refractivity contribution in [1.82, 2.24) is 20.4 Å². The Morgan fingerprint density at radius 2 is 2.00 bits per heavy atom. The van der Waals surface area contributed by atoms with E-state index in [4.69, 9.17) is 4.74 Å². The highest BCUT2D eigenvalue weighted by molar-refractivity contribution is 9.10. The van der Waals surface area contributed by atoms with Gasteiger partial charge in [-0.2, -0.15) is 5.10 Å². The number of anilines is 1. The number of rotatable bonds is 5. The van der Waals surface area contributed by atoms with Gasteiger partial charge < -0.3 is 9.64 Å². The van der Waals surface area contributed by atoms with E-state index in [0.717, 1.165) is 68.1 Å². The van der Waals surface area contributed by atoms with Gasteiger partial charge in [-0.25, -0.2) is 0 Å². The van der Waals surface area contributed by atoms with Crippen LogP contribution in [-0.2, 0) is 16.8 Å². The molecule has 2 aromatic carbocycles. The van der Waals surface area contributed by atoms with Crippen LogP contribution in [0, 0.1) is 0 Å². The van der Waals surface area contributed by atoms with E-state index < -0.39 is 5.41 Å². The Kier molecular flexibility index (Phi) is 4.99. The van der Waals surface area contributed by atoms with E-state index in [0.29, 0.717) is 12.5 Å². The second kappa shape index (κ2) is 8.13. The fourth-order valence-electron chi connectivity index (χ4n) is 5.66. The first-order valence-corrected chi connectivity index (χ1v) is 13.7. The first kappa shape index (κ1) is 21.5. The van der Waals surface area contributed by atoms with Crippen LogP contribution in [0.25, 0.3) is 10.9 Å². The zero-order valence-electron chi connectivity index (χ0n) is 19.0. The van der Waals surface area contributed by atoms with Crippen LogP contribution in [0.4, 0.5) is 5.69 Å². The predicted octanol–water partition coefficient (Wildman–Crippen LogP) is 5.86. The predicted molar refractivity (Wildman–Crippen MR) is 138 cm³/mol. The molecule has 178 valence electrons. The molecule has 1 aliphatic heterocycles. The molecule has 35 heavy (non-hydrogen) atoms. The van der Waals surface area contributed by atoms with Crippen molar-refractivity contribution in [3.05, 3.63) is 62.6 Å². The molecule has 2 saturated carbocycles. The number of carbonyl (C=O) groups is 1. The molecule has 0 saturated heterocycles. The number of hydrogen-bond acceptors (Lipinski definition) is 6. The van der Waals surface area contributed by atoms with Crippen molar-refractivity contribution in [1.29, 1.82) is 0 Å². The quantitative estimate of drug-likeness (QED) is 0.337.